The maximum atomic E-state index is 12.5. The molecule has 1 saturated heterocycles. The third-order valence-electron chi connectivity index (χ3n) is 6.15. The van der Waals surface area contributed by atoms with Crippen LogP contribution in [-0.2, 0) is 6.54 Å². The third-order valence-corrected chi connectivity index (χ3v) is 6.15. The first-order chi connectivity index (χ1) is 15.8. The smallest absolute Gasteiger partial charge is 0.255 e. The quantitative estimate of drug-likeness (QED) is 0.588. The minimum atomic E-state index is -0.0889. The maximum Gasteiger partial charge on any atom is 0.255 e. The Hall–Kier alpha value is -3.31. The van der Waals surface area contributed by atoms with E-state index in [0.29, 0.717) is 24.8 Å². The van der Waals surface area contributed by atoms with Crippen molar-refractivity contribution in [2.24, 2.45) is 0 Å². The van der Waals surface area contributed by atoms with Crippen molar-refractivity contribution in [2.75, 3.05) is 25.1 Å². The summed E-state index contributed by atoms with van der Waals surface area (Å²) < 4.78 is 11.7. The summed E-state index contributed by atoms with van der Waals surface area (Å²) in [6.07, 6.45) is 3.23. The molecule has 32 heavy (non-hydrogen) atoms. The SMILES string of the molecule is O=C(Nc1ccccc1)c1ccc(CN2CCC[C@H]2c2ccc3c(c2)OCCCO3)cc1. The number of nitrogens with one attached hydrogen (secondary N) is 1. The summed E-state index contributed by atoms with van der Waals surface area (Å²) >= 11 is 0. The van der Waals surface area contributed by atoms with Crippen molar-refractivity contribution in [2.45, 2.75) is 31.8 Å². The summed E-state index contributed by atoms with van der Waals surface area (Å²) in [6.45, 7) is 3.34. The van der Waals surface area contributed by atoms with Gasteiger partial charge in [0.05, 0.1) is 13.2 Å². The lowest BCUT2D eigenvalue weighted by Gasteiger charge is -2.25. The molecule has 3 aromatic rings. The van der Waals surface area contributed by atoms with Crippen LogP contribution in [0.4, 0.5) is 5.69 Å². The summed E-state index contributed by atoms with van der Waals surface area (Å²) in [4.78, 5) is 15.0. The second-order valence-electron chi connectivity index (χ2n) is 8.40. The Morgan fingerprint density at radius 1 is 0.906 bits per heavy atom. The molecular weight excluding hydrogens is 400 g/mol. The van der Waals surface area contributed by atoms with Crippen molar-refractivity contribution < 1.29 is 14.3 Å². The molecule has 5 nitrogen and oxygen atoms in total. The first kappa shape index (κ1) is 20.6. The number of fused-ring (bicyclic) bond motifs is 1. The highest BCUT2D eigenvalue weighted by Gasteiger charge is 2.27. The zero-order valence-corrected chi connectivity index (χ0v) is 18.1. The van der Waals surface area contributed by atoms with Gasteiger partial charge in [-0.3, -0.25) is 9.69 Å². The van der Waals surface area contributed by atoms with Crippen molar-refractivity contribution in [3.8, 4) is 11.5 Å². The van der Waals surface area contributed by atoms with Gasteiger partial charge in [-0.25, -0.2) is 0 Å². The van der Waals surface area contributed by atoms with Crippen LogP contribution in [0.15, 0.2) is 72.8 Å². The van der Waals surface area contributed by atoms with Crippen LogP contribution in [-0.4, -0.2) is 30.6 Å². The average molecular weight is 429 g/mol. The fourth-order valence-electron chi connectivity index (χ4n) is 4.50. The topological polar surface area (TPSA) is 50.8 Å². The molecule has 164 valence electrons. The predicted octanol–water partition coefficient (Wildman–Crippen LogP) is 5.44. The lowest BCUT2D eigenvalue weighted by Crippen LogP contribution is -2.23. The lowest BCUT2D eigenvalue weighted by molar-refractivity contribution is 0.102. The molecule has 1 amide bonds. The number of hydrogen-bond donors (Lipinski definition) is 1. The number of carbonyl (C=O) groups is 1. The molecule has 1 atom stereocenters. The highest BCUT2D eigenvalue weighted by molar-refractivity contribution is 6.04. The standard InChI is InChI=1S/C27H28N2O3/c30-27(28-23-6-2-1-3-7-23)21-11-9-20(10-12-21)19-29-15-4-8-24(29)22-13-14-25-26(18-22)32-17-5-16-31-25/h1-3,6-7,9-14,18,24H,4-5,8,15-17,19H2,(H,28,30)/t24-/m0/s1. The van der Waals surface area contributed by atoms with Crippen LogP contribution < -0.4 is 14.8 Å². The zero-order valence-electron chi connectivity index (χ0n) is 18.1. The second kappa shape index (κ2) is 9.45. The van der Waals surface area contributed by atoms with Crippen LogP contribution in [0.1, 0.15) is 46.8 Å². The van der Waals surface area contributed by atoms with Gasteiger partial charge in [-0.05, 0) is 66.9 Å². The van der Waals surface area contributed by atoms with Gasteiger partial charge in [0.25, 0.3) is 5.91 Å². The molecule has 0 bridgehead atoms. The number of amides is 1. The van der Waals surface area contributed by atoms with Crippen LogP contribution in [0, 0.1) is 0 Å². The normalized spacial score (nSPS) is 18.2. The fourth-order valence-corrected chi connectivity index (χ4v) is 4.50. The largest absolute Gasteiger partial charge is 0.490 e. The molecule has 3 aromatic carbocycles. The minimum absolute atomic E-state index is 0.0889. The highest BCUT2D eigenvalue weighted by atomic mass is 16.5. The van der Waals surface area contributed by atoms with Gasteiger partial charge in [0, 0.05) is 30.3 Å². The van der Waals surface area contributed by atoms with Crippen molar-refractivity contribution in [3.63, 3.8) is 0 Å². The van der Waals surface area contributed by atoms with Crippen LogP contribution in [0.5, 0.6) is 11.5 Å². The van der Waals surface area contributed by atoms with Gasteiger partial charge in [-0.15, -0.1) is 0 Å². The molecule has 0 spiro atoms. The monoisotopic (exact) mass is 428 g/mol. The van der Waals surface area contributed by atoms with Gasteiger partial charge in [0.15, 0.2) is 11.5 Å². The highest BCUT2D eigenvalue weighted by Crippen LogP contribution is 2.38. The second-order valence-corrected chi connectivity index (χ2v) is 8.40. The number of para-hydroxylation sites is 1. The number of rotatable bonds is 5. The van der Waals surface area contributed by atoms with E-state index in [1.54, 1.807) is 0 Å². The van der Waals surface area contributed by atoms with Crippen molar-refractivity contribution in [1.29, 1.82) is 0 Å². The number of hydrogen-bond acceptors (Lipinski definition) is 4. The first-order valence-electron chi connectivity index (χ1n) is 11.4. The maximum absolute atomic E-state index is 12.5. The van der Waals surface area contributed by atoms with E-state index in [1.807, 2.05) is 48.5 Å². The van der Waals surface area contributed by atoms with Gasteiger partial charge in [0.2, 0.25) is 0 Å². The summed E-state index contributed by atoms with van der Waals surface area (Å²) in [5, 5.41) is 2.94. The van der Waals surface area contributed by atoms with E-state index in [1.165, 1.54) is 17.5 Å². The van der Waals surface area contributed by atoms with Gasteiger partial charge in [-0.1, -0.05) is 36.4 Å². The Morgan fingerprint density at radius 2 is 1.69 bits per heavy atom. The van der Waals surface area contributed by atoms with Gasteiger partial charge in [-0.2, -0.15) is 0 Å². The van der Waals surface area contributed by atoms with E-state index >= 15 is 0 Å². The van der Waals surface area contributed by atoms with E-state index < -0.39 is 0 Å². The minimum Gasteiger partial charge on any atom is -0.490 e. The molecule has 1 N–H and O–H groups in total. The Labute approximate surface area is 189 Å². The molecule has 0 radical (unpaired) electrons. The molecule has 2 aliphatic rings. The Balaban J connectivity index is 1.25. The van der Waals surface area contributed by atoms with Crippen molar-refractivity contribution in [3.05, 3.63) is 89.5 Å². The number of benzene rings is 3. The number of anilines is 1. The van der Waals surface area contributed by atoms with Gasteiger partial charge >= 0.3 is 0 Å². The Bertz CT molecular complexity index is 1070. The summed E-state index contributed by atoms with van der Waals surface area (Å²) in [7, 11) is 0. The van der Waals surface area contributed by atoms with Gasteiger partial charge in [0.1, 0.15) is 0 Å². The molecule has 5 heteroatoms. The summed E-state index contributed by atoms with van der Waals surface area (Å²) in [6, 6.07) is 24.2. The summed E-state index contributed by atoms with van der Waals surface area (Å²) in [5.74, 6) is 1.62. The molecular formula is C27H28N2O3. The number of nitrogens with zero attached hydrogens (tertiary/aromatic N) is 1. The Kier molecular flexibility index (Phi) is 6.08. The first-order valence-corrected chi connectivity index (χ1v) is 11.4. The fraction of sp³-hybridized carbons (Fsp3) is 0.296. The number of ether oxygens (including phenoxy) is 2. The molecule has 1 fully saturated rings. The van der Waals surface area contributed by atoms with E-state index in [2.05, 4.69) is 34.5 Å². The van der Waals surface area contributed by atoms with E-state index in [-0.39, 0.29) is 5.91 Å². The third kappa shape index (κ3) is 4.63. The van der Waals surface area contributed by atoms with E-state index in [0.717, 1.165) is 43.1 Å². The van der Waals surface area contributed by atoms with Crippen LogP contribution in [0.2, 0.25) is 0 Å². The molecule has 0 aromatic heterocycles. The van der Waals surface area contributed by atoms with Gasteiger partial charge < -0.3 is 14.8 Å². The lowest BCUT2D eigenvalue weighted by atomic mass is 10.0. The Morgan fingerprint density at radius 3 is 2.50 bits per heavy atom. The zero-order chi connectivity index (χ0) is 21.8. The molecule has 0 unspecified atom stereocenters. The van der Waals surface area contributed by atoms with Crippen LogP contribution in [0.3, 0.4) is 0 Å². The molecule has 2 heterocycles. The van der Waals surface area contributed by atoms with E-state index in [9.17, 15) is 4.79 Å². The summed E-state index contributed by atoms with van der Waals surface area (Å²) in [5.41, 5.74) is 3.96. The average Bonchev–Trinajstić information content (AvgIpc) is 3.15. The number of carbonyl (C=O) groups excluding carboxylic acids is 1. The van der Waals surface area contributed by atoms with Crippen molar-refractivity contribution in [1.82, 2.24) is 4.90 Å². The molecule has 5 rings (SSSR count). The van der Waals surface area contributed by atoms with E-state index in [4.69, 9.17) is 9.47 Å². The predicted molar refractivity (Wildman–Crippen MR) is 125 cm³/mol. The van der Waals surface area contributed by atoms with Crippen molar-refractivity contribution >= 4 is 11.6 Å². The molecule has 0 saturated carbocycles. The number of likely N-dealkylation sites (tertiary alicyclic amines) is 1. The molecule has 0 aliphatic carbocycles. The van der Waals surface area contributed by atoms with Crippen LogP contribution >= 0.6 is 0 Å². The van der Waals surface area contributed by atoms with Crippen LogP contribution in [0.25, 0.3) is 0 Å². The molecule has 2 aliphatic heterocycles.